The maximum absolute atomic E-state index is 5.56. The molecule has 94 valence electrons. The van der Waals surface area contributed by atoms with Crippen LogP contribution in [0, 0.1) is 5.92 Å². The van der Waals surface area contributed by atoms with Gasteiger partial charge in [-0.2, -0.15) is 0 Å². The fourth-order valence-corrected chi connectivity index (χ4v) is 2.92. The molecule has 2 heteroatoms. The number of fused-ring (bicyclic) bond motifs is 1. The third kappa shape index (κ3) is 1.87. The van der Waals surface area contributed by atoms with Crippen LogP contribution in [0.4, 0.5) is 0 Å². The molecule has 1 saturated carbocycles. The lowest BCUT2D eigenvalue weighted by molar-refractivity contribution is 0.410. The van der Waals surface area contributed by atoms with Crippen LogP contribution in [0.15, 0.2) is 36.4 Å². The van der Waals surface area contributed by atoms with Crippen molar-refractivity contribution in [1.29, 1.82) is 0 Å². The molecule has 3 rings (SSSR count). The van der Waals surface area contributed by atoms with E-state index in [1.165, 1.54) is 22.8 Å². The summed E-state index contributed by atoms with van der Waals surface area (Å²) in [6.07, 6.45) is 1.27. The smallest absolute Gasteiger partial charge is 0.122 e. The third-order valence-electron chi connectivity index (χ3n) is 3.91. The molecule has 2 atom stereocenters. The first kappa shape index (κ1) is 11.5. The van der Waals surface area contributed by atoms with Gasteiger partial charge in [0, 0.05) is 5.56 Å². The highest BCUT2D eigenvalue weighted by molar-refractivity contribution is 5.88. The topological polar surface area (TPSA) is 21.3 Å². The molecule has 0 unspecified atom stereocenters. The molecule has 0 saturated heterocycles. The second-order valence-electron chi connectivity index (χ2n) is 5.06. The average molecular weight is 241 g/mol. The molecule has 2 aromatic carbocycles. The van der Waals surface area contributed by atoms with E-state index in [1.807, 2.05) is 7.05 Å². The van der Waals surface area contributed by atoms with Gasteiger partial charge in [-0.15, -0.1) is 0 Å². The van der Waals surface area contributed by atoms with Crippen LogP contribution in [0.1, 0.15) is 17.9 Å². The molecular weight excluding hydrogens is 222 g/mol. The molecule has 0 spiro atoms. The standard InChI is InChI=1S/C16H19NO/c1-17-10-12-9-14(12)16-13-6-4-3-5-11(13)7-8-15(16)18-2/h3-8,12,14,17H,9-10H2,1-2H3/t12-,14-/m1/s1. The Balaban J connectivity index is 2.08. The predicted molar refractivity (Wildman–Crippen MR) is 75.3 cm³/mol. The van der Waals surface area contributed by atoms with Gasteiger partial charge in [0.25, 0.3) is 0 Å². The van der Waals surface area contributed by atoms with Gasteiger partial charge in [-0.3, -0.25) is 0 Å². The van der Waals surface area contributed by atoms with Gasteiger partial charge in [0.2, 0.25) is 0 Å². The summed E-state index contributed by atoms with van der Waals surface area (Å²) in [5.41, 5.74) is 1.40. The Morgan fingerprint density at radius 1 is 1.22 bits per heavy atom. The fraction of sp³-hybridized carbons (Fsp3) is 0.375. The predicted octanol–water partition coefficient (Wildman–Crippen LogP) is 3.17. The zero-order valence-corrected chi connectivity index (χ0v) is 10.9. The summed E-state index contributed by atoms with van der Waals surface area (Å²) in [4.78, 5) is 0. The Kier molecular flexibility index (Phi) is 2.96. The average Bonchev–Trinajstić information content (AvgIpc) is 3.16. The van der Waals surface area contributed by atoms with E-state index in [9.17, 15) is 0 Å². The summed E-state index contributed by atoms with van der Waals surface area (Å²) in [5.74, 6) is 2.45. The van der Waals surface area contributed by atoms with Crippen molar-refractivity contribution in [2.24, 2.45) is 5.92 Å². The molecule has 1 N–H and O–H groups in total. The number of ether oxygens (including phenoxy) is 1. The van der Waals surface area contributed by atoms with Crippen molar-refractivity contribution in [2.75, 3.05) is 20.7 Å². The van der Waals surface area contributed by atoms with Crippen molar-refractivity contribution in [1.82, 2.24) is 5.32 Å². The summed E-state index contributed by atoms with van der Waals surface area (Å²) in [6.45, 7) is 1.09. The summed E-state index contributed by atoms with van der Waals surface area (Å²) in [5, 5.41) is 5.93. The quantitative estimate of drug-likeness (QED) is 0.887. The highest BCUT2D eigenvalue weighted by Gasteiger charge is 2.40. The Morgan fingerprint density at radius 2 is 2.06 bits per heavy atom. The number of rotatable bonds is 4. The van der Waals surface area contributed by atoms with Gasteiger partial charge in [0.1, 0.15) is 5.75 Å². The number of hydrogen-bond acceptors (Lipinski definition) is 2. The van der Waals surface area contributed by atoms with E-state index in [1.54, 1.807) is 7.11 Å². The molecule has 1 aliphatic carbocycles. The van der Waals surface area contributed by atoms with Gasteiger partial charge >= 0.3 is 0 Å². The van der Waals surface area contributed by atoms with Crippen LogP contribution in [0.3, 0.4) is 0 Å². The summed E-state index contributed by atoms with van der Waals surface area (Å²) in [7, 11) is 3.79. The Morgan fingerprint density at radius 3 is 2.83 bits per heavy atom. The molecule has 1 aliphatic rings. The highest BCUT2D eigenvalue weighted by atomic mass is 16.5. The maximum atomic E-state index is 5.56. The van der Waals surface area contributed by atoms with Crippen LogP contribution < -0.4 is 10.1 Å². The van der Waals surface area contributed by atoms with Crippen LogP contribution in [0.2, 0.25) is 0 Å². The van der Waals surface area contributed by atoms with Gasteiger partial charge in [-0.25, -0.2) is 0 Å². The zero-order chi connectivity index (χ0) is 12.5. The van der Waals surface area contributed by atoms with E-state index in [0.29, 0.717) is 5.92 Å². The molecule has 18 heavy (non-hydrogen) atoms. The molecule has 1 fully saturated rings. The minimum Gasteiger partial charge on any atom is -0.496 e. The second kappa shape index (κ2) is 4.62. The molecule has 2 aromatic rings. The van der Waals surface area contributed by atoms with Crippen molar-refractivity contribution in [2.45, 2.75) is 12.3 Å². The minimum atomic E-state index is 0.651. The number of nitrogens with one attached hydrogen (secondary N) is 1. The van der Waals surface area contributed by atoms with Crippen LogP contribution in [-0.4, -0.2) is 20.7 Å². The first-order valence-electron chi connectivity index (χ1n) is 6.55. The van der Waals surface area contributed by atoms with Gasteiger partial charge in [0.15, 0.2) is 0 Å². The first-order chi connectivity index (χ1) is 8.85. The Hall–Kier alpha value is -1.54. The van der Waals surface area contributed by atoms with Gasteiger partial charge in [0.05, 0.1) is 7.11 Å². The Bertz CT molecular complexity index is 564. The van der Waals surface area contributed by atoms with Crippen molar-refractivity contribution in [3.8, 4) is 5.75 Å². The van der Waals surface area contributed by atoms with Crippen LogP contribution in [0.25, 0.3) is 10.8 Å². The van der Waals surface area contributed by atoms with Gasteiger partial charge in [-0.05, 0) is 48.7 Å². The normalized spacial score (nSPS) is 22.1. The van der Waals surface area contributed by atoms with Crippen LogP contribution >= 0.6 is 0 Å². The largest absolute Gasteiger partial charge is 0.496 e. The minimum absolute atomic E-state index is 0.651. The molecule has 0 aromatic heterocycles. The number of hydrogen-bond donors (Lipinski definition) is 1. The molecule has 0 heterocycles. The van der Waals surface area contributed by atoms with Crippen molar-refractivity contribution >= 4 is 10.8 Å². The van der Waals surface area contributed by atoms with Crippen molar-refractivity contribution < 1.29 is 4.74 Å². The van der Waals surface area contributed by atoms with E-state index in [2.05, 4.69) is 41.7 Å². The second-order valence-corrected chi connectivity index (χ2v) is 5.06. The summed E-state index contributed by atoms with van der Waals surface area (Å²) < 4.78 is 5.56. The van der Waals surface area contributed by atoms with E-state index in [4.69, 9.17) is 4.74 Å². The van der Waals surface area contributed by atoms with E-state index in [0.717, 1.165) is 18.2 Å². The molecule has 0 aliphatic heterocycles. The summed E-state index contributed by atoms with van der Waals surface area (Å²) >= 11 is 0. The zero-order valence-electron chi connectivity index (χ0n) is 10.9. The lowest BCUT2D eigenvalue weighted by atomic mass is 9.99. The highest BCUT2D eigenvalue weighted by Crippen LogP contribution is 2.52. The molecule has 0 amide bonds. The Labute approximate surface area is 108 Å². The molecule has 0 bridgehead atoms. The van der Waals surface area contributed by atoms with Crippen LogP contribution in [0.5, 0.6) is 5.75 Å². The van der Waals surface area contributed by atoms with E-state index < -0.39 is 0 Å². The number of benzene rings is 2. The van der Waals surface area contributed by atoms with Gasteiger partial charge in [-0.1, -0.05) is 30.3 Å². The molecular formula is C16H19NO. The molecule has 2 nitrogen and oxygen atoms in total. The lowest BCUT2D eigenvalue weighted by Gasteiger charge is -2.12. The van der Waals surface area contributed by atoms with Crippen molar-refractivity contribution in [3.63, 3.8) is 0 Å². The monoisotopic (exact) mass is 241 g/mol. The number of methoxy groups -OCH3 is 1. The molecule has 0 radical (unpaired) electrons. The van der Waals surface area contributed by atoms with E-state index >= 15 is 0 Å². The van der Waals surface area contributed by atoms with E-state index in [-0.39, 0.29) is 0 Å². The summed E-state index contributed by atoms with van der Waals surface area (Å²) in [6, 6.07) is 12.8. The van der Waals surface area contributed by atoms with Gasteiger partial charge < -0.3 is 10.1 Å². The first-order valence-corrected chi connectivity index (χ1v) is 6.55. The maximum Gasteiger partial charge on any atom is 0.122 e. The lowest BCUT2D eigenvalue weighted by Crippen LogP contribution is -2.10. The van der Waals surface area contributed by atoms with Crippen molar-refractivity contribution in [3.05, 3.63) is 42.0 Å². The fourth-order valence-electron chi connectivity index (χ4n) is 2.92. The SMILES string of the molecule is CNC[C@H]1C[C@H]1c1c(OC)ccc2ccccc12. The third-order valence-corrected chi connectivity index (χ3v) is 3.91. The van der Waals surface area contributed by atoms with Crippen LogP contribution in [-0.2, 0) is 0 Å².